The van der Waals surface area contributed by atoms with Crippen molar-refractivity contribution in [3.63, 3.8) is 0 Å². The van der Waals surface area contributed by atoms with E-state index in [2.05, 4.69) is 49.3 Å². The summed E-state index contributed by atoms with van der Waals surface area (Å²) in [5.74, 6) is -0.431. The van der Waals surface area contributed by atoms with Gasteiger partial charge in [0.25, 0.3) is 5.91 Å². The number of hydroxylamine groups is 1. The molecule has 0 saturated carbocycles. The van der Waals surface area contributed by atoms with Crippen molar-refractivity contribution in [1.82, 2.24) is 20.3 Å². The third-order valence-corrected chi connectivity index (χ3v) is 4.56. The van der Waals surface area contributed by atoms with Gasteiger partial charge in [-0.2, -0.15) is 5.48 Å². The van der Waals surface area contributed by atoms with Crippen molar-refractivity contribution in [1.29, 1.82) is 0 Å². The molecule has 8 heteroatoms. The van der Waals surface area contributed by atoms with Crippen LogP contribution >= 0.6 is 0 Å². The summed E-state index contributed by atoms with van der Waals surface area (Å²) in [6.45, 7) is 4.30. The third-order valence-electron chi connectivity index (χ3n) is 4.56. The first-order valence-corrected chi connectivity index (χ1v) is 9.59. The zero-order chi connectivity index (χ0) is 20.5. The molecule has 1 aromatic carbocycles. The molecule has 2 aromatic rings. The molecule has 3 rings (SSSR count). The minimum absolute atomic E-state index is 0.343. The van der Waals surface area contributed by atoms with Gasteiger partial charge in [0.05, 0.1) is 18.1 Å². The summed E-state index contributed by atoms with van der Waals surface area (Å²) in [6.07, 6.45) is 8.07. The van der Waals surface area contributed by atoms with Crippen molar-refractivity contribution in [2.24, 2.45) is 0 Å². The number of rotatable bonds is 7. The van der Waals surface area contributed by atoms with Crippen molar-refractivity contribution < 1.29 is 14.4 Å². The van der Waals surface area contributed by atoms with E-state index in [1.807, 2.05) is 11.5 Å². The Bertz CT molecular complexity index is 839. The highest BCUT2D eigenvalue weighted by Gasteiger charge is 2.22. The molecule has 1 aliphatic rings. The zero-order valence-electron chi connectivity index (χ0n) is 16.4. The van der Waals surface area contributed by atoms with Crippen LogP contribution in [0.1, 0.15) is 24.6 Å². The lowest BCUT2D eigenvalue weighted by Crippen LogP contribution is -2.28. The normalized spacial score (nSPS) is 16.7. The first-order chi connectivity index (χ1) is 14.1. The van der Waals surface area contributed by atoms with Crippen molar-refractivity contribution in [3.8, 4) is 0 Å². The van der Waals surface area contributed by atoms with Gasteiger partial charge in [-0.05, 0) is 24.5 Å². The fraction of sp³-hybridized carbons (Fsp3) is 0.333. The fourth-order valence-electron chi connectivity index (χ4n) is 3.11. The molecule has 0 radical (unpaired) electrons. The van der Waals surface area contributed by atoms with Crippen LogP contribution in [-0.4, -0.2) is 52.4 Å². The first-order valence-electron chi connectivity index (χ1n) is 9.59. The Hall–Kier alpha value is -3.26. The highest BCUT2D eigenvalue weighted by atomic mass is 16.7. The minimum atomic E-state index is -0.590. The van der Waals surface area contributed by atoms with Crippen LogP contribution in [-0.2, 0) is 20.8 Å². The number of benzene rings is 1. The van der Waals surface area contributed by atoms with E-state index in [4.69, 9.17) is 0 Å². The van der Waals surface area contributed by atoms with E-state index < -0.39 is 11.9 Å². The summed E-state index contributed by atoms with van der Waals surface area (Å²) in [5.41, 5.74) is 3.89. The van der Waals surface area contributed by atoms with Gasteiger partial charge in [-0.15, -0.1) is 0 Å². The number of likely N-dealkylation sites (tertiary alicyclic amines) is 1. The Morgan fingerprint density at radius 1 is 1.24 bits per heavy atom. The van der Waals surface area contributed by atoms with Crippen LogP contribution in [0.25, 0.3) is 6.08 Å². The van der Waals surface area contributed by atoms with Gasteiger partial charge in [-0.1, -0.05) is 30.3 Å². The molecule has 2 heterocycles. The van der Waals surface area contributed by atoms with Gasteiger partial charge >= 0.3 is 5.97 Å². The van der Waals surface area contributed by atoms with Gasteiger partial charge in [0.1, 0.15) is 5.82 Å². The molecule has 8 nitrogen and oxygen atoms in total. The van der Waals surface area contributed by atoms with E-state index in [9.17, 15) is 9.59 Å². The highest BCUT2D eigenvalue weighted by Crippen LogP contribution is 2.15. The SMILES string of the molecule is CC(=O)ONC(=O)/C=C/c1cnc(NC2CCN(CCc3ccccc3)C2)cn1. The molecule has 1 atom stereocenters. The predicted molar refractivity (Wildman–Crippen MR) is 110 cm³/mol. The molecular weight excluding hydrogens is 370 g/mol. The van der Waals surface area contributed by atoms with Crippen LogP contribution in [0, 0.1) is 0 Å². The van der Waals surface area contributed by atoms with Crippen molar-refractivity contribution in [3.05, 3.63) is 60.1 Å². The summed E-state index contributed by atoms with van der Waals surface area (Å²) < 4.78 is 0. The molecule has 1 unspecified atom stereocenters. The topological polar surface area (TPSA) is 96.4 Å². The van der Waals surface area contributed by atoms with E-state index in [1.165, 1.54) is 24.6 Å². The Morgan fingerprint density at radius 3 is 2.79 bits per heavy atom. The monoisotopic (exact) mass is 395 g/mol. The smallest absolute Gasteiger partial charge is 0.329 e. The average Bonchev–Trinajstić information content (AvgIpc) is 3.18. The molecule has 0 spiro atoms. The maximum atomic E-state index is 11.5. The largest absolute Gasteiger partial charge is 0.365 e. The average molecular weight is 395 g/mol. The van der Waals surface area contributed by atoms with Gasteiger partial charge in [0.2, 0.25) is 0 Å². The fourth-order valence-corrected chi connectivity index (χ4v) is 3.11. The number of nitrogens with one attached hydrogen (secondary N) is 2. The Balaban J connectivity index is 1.42. The van der Waals surface area contributed by atoms with Gasteiger partial charge in [-0.25, -0.2) is 4.98 Å². The van der Waals surface area contributed by atoms with Gasteiger partial charge < -0.3 is 15.1 Å². The summed E-state index contributed by atoms with van der Waals surface area (Å²) >= 11 is 0. The minimum Gasteiger partial charge on any atom is -0.365 e. The van der Waals surface area contributed by atoms with Crippen LogP contribution in [0.4, 0.5) is 5.82 Å². The second-order valence-electron chi connectivity index (χ2n) is 6.89. The molecule has 1 fully saturated rings. The summed E-state index contributed by atoms with van der Waals surface area (Å²) in [7, 11) is 0. The molecule has 29 heavy (non-hydrogen) atoms. The maximum absolute atomic E-state index is 11.5. The molecule has 0 aliphatic carbocycles. The Kier molecular flexibility index (Phi) is 7.29. The maximum Gasteiger partial charge on any atom is 0.329 e. The molecule has 152 valence electrons. The molecule has 1 aromatic heterocycles. The van der Waals surface area contributed by atoms with Crippen molar-refractivity contribution in [2.75, 3.05) is 25.0 Å². The lowest BCUT2D eigenvalue weighted by molar-refractivity contribution is -0.154. The van der Waals surface area contributed by atoms with Crippen molar-refractivity contribution in [2.45, 2.75) is 25.8 Å². The number of nitrogens with zero attached hydrogens (tertiary/aromatic N) is 3. The first kappa shape index (κ1) is 20.5. The number of aromatic nitrogens is 2. The number of anilines is 1. The standard InChI is InChI=1S/C21H25N5O3/c1-16(27)29-25-21(28)8-7-18-13-23-20(14-22-18)24-19-10-12-26(15-19)11-9-17-5-3-2-4-6-17/h2-8,13-14,19H,9-12,15H2,1H3,(H,23,24)(H,25,28)/b8-7+. The van der Waals surface area contributed by atoms with Crippen molar-refractivity contribution >= 4 is 23.8 Å². The highest BCUT2D eigenvalue weighted by molar-refractivity contribution is 5.91. The number of amides is 1. The Morgan fingerprint density at radius 2 is 2.07 bits per heavy atom. The van der Waals surface area contributed by atoms with Gasteiger partial charge in [0.15, 0.2) is 0 Å². The molecule has 1 amide bonds. The number of hydrogen-bond acceptors (Lipinski definition) is 7. The van der Waals surface area contributed by atoms with Crippen LogP contribution < -0.4 is 10.8 Å². The second-order valence-corrected chi connectivity index (χ2v) is 6.89. The lowest BCUT2D eigenvalue weighted by atomic mass is 10.1. The summed E-state index contributed by atoms with van der Waals surface area (Å²) in [5, 5.41) is 3.42. The van der Waals surface area contributed by atoms with E-state index in [1.54, 1.807) is 12.4 Å². The van der Waals surface area contributed by atoms with Crippen LogP contribution in [0.2, 0.25) is 0 Å². The summed E-state index contributed by atoms with van der Waals surface area (Å²) in [4.78, 5) is 37.6. The third kappa shape index (κ3) is 7.00. The molecule has 1 aliphatic heterocycles. The van der Waals surface area contributed by atoms with E-state index in [-0.39, 0.29) is 0 Å². The molecule has 2 N–H and O–H groups in total. The molecular formula is C21H25N5O3. The van der Waals surface area contributed by atoms with Crippen LogP contribution in [0.15, 0.2) is 48.8 Å². The van der Waals surface area contributed by atoms with E-state index in [0.29, 0.717) is 17.6 Å². The van der Waals surface area contributed by atoms with E-state index >= 15 is 0 Å². The quantitative estimate of drug-likeness (QED) is 0.545. The number of carbonyl (C=O) groups excluding carboxylic acids is 2. The predicted octanol–water partition coefficient (Wildman–Crippen LogP) is 1.81. The lowest BCUT2D eigenvalue weighted by Gasteiger charge is -2.17. The number of carbonyl (C=O) groups is 2. The number of hydrogen-bond donors (Lipinski definition) is 2. The Labute approximate surface area is 169 Å². The van der Waals surface area contributed by atoms with Crippen LogP contribution in [0.5, 0.6) is 0 Å². The molecule has 1 saturated heterocycles. The van der Waals surface area contributed by atoms with Gasteiger partial charge in [0, 0.05) is 38.7 Å². The van der Waals surface area contributed by atoms with Crippen LogP contribution in [0.3, 0.4) is 0 Å². The molecule has 0 bridgehead atoms. The summed E-state index contributed by atoms with van der Waals surface area (Å²) in [6, 6.07) is 10.9. The van der Waals surface area contributed by atoms with E-state index in [0.717, 1.165) is 32.5 Å². The zero-order valence-corrected chi connectivity index (χ0v) is 16.4. The second kappa shape index (κ2) is 10.3. The van der Waals surface area contributed by atoms with Gasteiger partial charge in [-0.3, -0.25) is 14.6 Å².